The molecule has 0 N–H and O–H groups in total. The number of hydrogen-bond acceptors (Lipinski definition) is 6. The first-order valence-corrected chi connectivity index (χ1v) is 11.7. The molecular formula is C18H21N3O6S2. The van der Waals surface area contributed by atoms with E-state index in [-0.39, 0.29) is 41.7 Å². The highest BCUT2D eigenvalue weighted by Crippen LogP contribution is 2.25. The van der Waals surface area contributed by atoms with Gasteiger partial charge in [-0.25, -0.2) is 16.8 Å². The summed E-state index contributed by atoms with van der Waals surface area (Å²) >= 11 is 0. The lowest BCUT2D eigenvalue weighted by Crippen LogP contribution is -2.50. The van der Waals surface area contributed by atoms with E-state index in [1.807, 2.05) is 13.0 Å². The van der Waals surface area contributed by atoms with Gasteiger partial charge in [0.05, 0.1) is 14.7 Å². The number of sulfonamides is 2. The van der Waals surface area contributed by atoms with Crippen LogP contribution >= 0.6 is 0 Å². The maximum atomic E-state index is 13.0. The van der Waals surface area contributed by atoms with Crippen LogP contribution in [0.5, 0.6) is 0 Å². The fourth-order valence-corrected chi connectivity index (χ4v) is 6.38. The van der Waals surface area contributed by atoms with Crippen LogP contribution in [-0.4, -0.2) is 56.5 Å². The van der Waals surface area contributed by atoms with Gasteiger partial charge in [0.15, 0.2) is 0 Å². The second-order valence-electron chi connectivity index (χ2n) is 6.83. The summed E-state index contributed by atoms with van der Waals surface area (Å²) in [7, 11) is -7.70. The first-order valence-electron chi connectivity index (χ1n) is 8.85. The molecule has 1 fully saturated rings. The van der Waals surface area contributed by atoms with E-state index in [1.165, 1.54) is 22.5 Å². The fourth-order valence-electron chi connectivity index (χ4n) is 3.18. The minimum atomic E-state index is -3.96. The van der Waals surface area contributed by atoms with Crippen molar-refractivity contribution in [2.45, 2.75) is 23.6 Å². The Bertz CT molecular complexity index is 1150. The predicted octanol–water partition coefficient (Wildman–Crippen LogP) is 1.91. The molecule has 0 spiro atoms. The molecule has 0 bridgehead atoms. The fraction of sp³-hybridized carbons (Fsp3) is 0.333. The monoisotopic (exact) mass is 439 g/mol. The molecule has 156 valence electrons. The van der Waals surface area contributed by atoms with Gasteiger partial charge in [-0.2, -0.15) is 8.61 Å². The minimum Gasteiger partial charge on any atom is -0.258 e. The number of nitrogens with zero attached hydrogens (tertiary/aromatic N) is 3. The van der Waals surface area contributed by atoms with Gasteiger partial charge in [0, 0.05) is 38.3 Å². The molecule has 0 aromatic heterocycles. The maximum Gasteiger partial charge on any atom is 0.270 e. The summed E-state index contributed by atoms with van der Waals surface area (Å²) in [6.07, 6.45) is 0. The number of benzene rings is 2. The zero-order chi connectivity index (χ0) is 21.4. The van der Waals surface area contributed by atoms with E-state index < -0.39 is 25.0 Å². The van der Waals surface area contributed by atoms with Crippen LogP contribution in [0.15, 0.2) is 52.3 Å². The van der Waals surface area contributed by atoms with Gasteiger partial charge in [-0.05, 0) is 37.1 Å². The second-order valence-corrected chi connectivity index (χ2v) is 10.7. The lowest BCUT2D eigenvalue weighted by molar-refractivity contribution is -0.385. The SMILES string of the molecule is Cc1ccc(C)c(S(=O)(=O)N2CCN(S(=O)(=O)c3cccc([N+](=O)[O-])c3)CC2)c1. The third-order valence-electron chi connectivity index (χ3n) is 4.83. The van der Waals surface area contributed by atoms with Crippen LogP contribution in [-0.2, 0) is 20.0 Å². The number of piperazine rings is 1. The van der Waals surface area contributed by atoms with Crippen molar-refractivity contribution in [1.29, 1.82) is 0 Å². The van der Waals surface area contributed by atoms with Crippen LogP contribution in [0.4, 0.5) is 5.69 Å². The summed E-state index contributed by atoms with van der Waals surface area (Å²) < 4.78 is 54.0. The number of nitro benzene ring substituents is 1. The van der Waals surface area contributed by atoms with Gasteiger partial charge in [0.1, 0.15) is 0 Å². The first kappa shape index (κ1) is 21.4. The van der Waals surface area contributed by atoms with Crippen molar-refractivity contribution < 1.29 is 21.8 Å². The third kappa shape index (κ3) is 4.17. The van der Waals surface area contributed by atoms with Crippen molar-refractivity contribution in [3.63, 3.8) is 0 Å². The van der Waals surface area contributed by atoms with E-state index in [2.05, 4.69) is 0 Å². The highest BCUT2D eigenvalue weighted by molar-refractivity contribution is 7.89. The van der Waals surface area contributed by atoms with Crippen molar-refractivity contribution in [2.75, 3.05) is 26.2 Å². The molecule has 3 rings (SSSR count). The number of hydrogen-bond donors (Lipinski definition) is 0. The summed E-state index contributed by atoms with van der Waals surface area (Å²) in [5.74, 6) is 0. The molecule has 29 heavy (non-hydrogen) atoms. The zero-order valence-corrected chi connectivity index (χ0v) is 17.6. The van der Waals surface area contributed by atoms with Gasteiger partial charge >= 0.3 is 0 Å². The van der Waals surface area contributed by atoms with Gasteiger partial charge in [-0.3, -0.25) is 10.1 Å². The number of nitro groups is 1. The second kappa shape index (κ2) is 7.82. The molecule has 0 atom stereocenters. The van der Waals surface area contributed by atoms with Crippen LogP contribution in [0.1, 0.15) is 11.1 Å². The van der Waals surface area contributed by atoms with Gasteiger partial charge in [0.25, 0.3) is 5.69 Å². The smallest absolute Gasteiger partial charge is 0.258 e. The van der Waals surface area contributed by atoms with Gasteiger partial charge in [0.2, 0.25) is 20.0 Å². The Kier molecular flexibility index (Phi) is 5.77. The van der Waals surface area contributed by atoms with Crippen LogP contribution in [0.2, 0.25) is 0 Å². The molecule has 0 radical (unpaired) electrons. The largest absolute Gasteiger partial charge is 0.270 e. The standard InChI is InChI=1S/C18H21N3O6S2/c1-14-6-7-15(2)18(12-14)29(26,27)20-10-8-19(9-11-20)28(24,25)17-5-3-4-16(13-17)21(22)23/h3-7,12-13H,8-11H2,1-2H3. The average Bonchev–Trinajstić information content (AvgIpc) is 2.70. The molecule has 0 unspecified atom stereocenters. The highest BCUT2D eigenvalue weighted by atomic mass is 32.2. The van der Waals surface area contributed by atoms with Crippen LogP contribution in [0.25, 0.3) is 0 Å². The highest BCUT2D eigenvalue weighted by Gasteiger charge is 2.34. The van der Waals surface area contributed by atoms with E-state index in [9.17, 15) is 26.9 Å². The van der Waals surface area contributed by atoms with Gasteiger partial charge in [-0.15, -0.1) is 0 Å². The Labute approximate surface area is 169 Å². The van der Waals surface area contributed by atoms with Gasteiger partial charge in [-0.1, -0.05) is 18.2 Å². The van der Waals surface area contributed by atoms with Gasteiger partial charge < -0.3 is 0 Å². The number of aryl methyl sites for hydroxylation is 2. The average molecular weight is 440 g/mol. The molecule has 1 heterocycles. The number of rotatable bonds is 5. The Morgan fingerprint density at radius 1 is 0.862 bits per heavy atom. The van der Waals surface area contributed by atoms with E-state index >= 15 is 0 Å². The molecule has 2 aromatic carbocycles. The minimum absolute atomic E-state index is 0.00384. The Morgan fingerprint density at radius 2 is 1.45 bits per heavy atom. The van der Waals surface area contributed by atoms with Crippen LogP contribution in [0, 0.1) is 24.0 Å². The van der Waals surface area contributed by atoms with E-state index in [0.29, 0.717) is 5.56 Å². The molecule has 0 aliphatic carbocycles. The third-order valence-corrected chi connectivity index (χ3v) is 8.76. The first-order chi connectivity index (χ1) is 13.5. The molecule has 1 aliphatic heterocycles. The summed E-state index contributed by atoms with van der Waals surface area (Å²) in [4.78, 5) is 10.3. The molecule has 0 saturated carbocycles. The summed E-state index contributed by atoms with van der Waals surface area (Å²) in [5, 5.41) is 10.9. The Morgan fingerprint density at radius 3 is 2.03 bits per heavy atom. The molecule has 11 heteroatoms. The summed E-state index contributed by atoms with van der Waals surface area (Å²) in [5.41, 5.74) is 1.13. The van der Waals surface area contributed by atoms with E-state index in [1.54, 1.807) is 19.1 Å². The summed E-state index contributed by atoms with van der Waals surface area (Å²) in [6, 6.07) is 10.0. The van der Waals surface area contributed by atoms with Crippen molar-refractivity contribution in [3.05, 3.63) is 63.7 Å². The predicted molar refractivity (Wildman–Crippen MR) is 107 cm³/mol. The van der Waals surface area contributed by atoms with Crippen LogP contribution in [0.3, 0.4) is 0 Å². The summed E-state index contributed by atoms with van der Waals surface area (Å²) in [6.45, 7) is 3.47. The van der Waals surface area contributed by atoms with E-state index in [4.69, 9.17) is 0 Å². The molecular weight excluding hydrogens is 418 g/mol. The van der Waals surface area contributed by atoms with Crippen molar-refractivity contribution >= 4 is 25.7 Å². The molecule has 0 amide bonds. The quantitative estimate of drug-likeness (QED) is 0.519. The normalized spacial score (nSPS) is 16.6. The Hall–Kier alpha value is -2.34. The van der Waals surface area contributed by atoms with Crippen molar-refractivity contribution in [3.8, 4) is 0 Å². The lowest BCUT2D eigenvalue weighted by Gasteiger charge is -2.33. The Balaban J connectivity index is 1.80. The lowest BCUT2D eigenvalue weighted by atomic mass is 10.2. The molecule has 9 nitrogen and oxygen atoms in total. The molecule has 2 aromatic rings. The maximum absolute atomic E-state index is 13.0. The van der Waals surface area contributed by atoms with Crippen LogP contribution < -0.4 is 0 Å². The van der Waals surface area contributed by atoms with E-state index in [0.717, 1.165) is 15.9 Å². The molecule has 1 saturated heterocycles. The zero-order valence-electron chi connectivity index (χ0n) is 16.0. The molecule has 1 aliphatic rings. The number of non-ortho nitro benzene ring substituents is 1. The topological polar surface area (TPSA) is 118 Å². The van der Waals surface area contributed by atoms with Crippen molar-refractivity contribution in [1.82, 2.24) is 8.61 Å². The van der Waals surface area contributed by atoms with Crippen molar-refractivity contribution in [2.24, 2.45) is 0 Å².